The van der Waals surface area contributed by atoms with Crippen LogP contribution in [0.2, 0.25) is 0 Å². The molecule has 138 valence electrons. The summed E-state index contributed by atoms with van der Waals surface area (Å²) in [5.74, 6) is 0.830. The number of benzene rings is 1. The maximum Gasteiger partial charge on any atom is 0.290 e. The highest BCUT2D eigenvalue weighted by molar-refractivity contribution is 6.39. The Morgan fingerprint density at radius 1 is 1.15 bits per heavy atom. The maximum atomic E-state index is 12.8. The summed E-state index contributed by atoms with van der Waals surface area (Å²) in [6.07, 6.45) is 2.70. The van der Waals surface area contributed by atoms with E-state index in [4.69, 9.17) is 0 Å². The van der Waals surface area contributed by atoms with E-state index in [1.54, 1.807) is 0 Å². The second-order valence-electron chi connectivity index (χ2n) is 7.38. The van der Waals surface area contributed by atoms with Crippen LogP contribution in [0.25, 0.3) is 0 Å². The Morgan fingerprint density at radius 3 is 2.50 bits per heavy atom. The van der Waals surface area contributed by atoms with E-state index in [1.807, 2.05) is 36.1 Å². The van der Waals surface area contributed by atoms with E-state index >= 15 is 0 Å². The number of aliphatic imine (C=N–C) groups is 1. The third kappa shape index (κ3) is 3.72. The number of amides is 2. The molecule has 0 spiro atoms. The van der Waals surface area contributed by atoms with Crippen molar-refractivity contribution < 1.29 is 9.59 Å². The van der Waals surface area contributed by atoms with Gasteiger partial charge in [-0.05, 0) is 37.8 Å². The molecule has 2 heterocycles. The zero-order valence-electron chi connectivity index (χ0n) is 15.1. The Bertz CT molecular complexity index is 718. The van der Waals surface area contributed by atoms with Gasteiger partial charge in [0.15, 0.2) is 0 Å². The molecule has 4 rings (SSSR count). The molecule has 7 nitrogen and oxygen atoms in total. The van der Waals surface area contributed by atoms with Crippen LogP contribution in [0, 0.1) is 12.8 Å². The number of nitrogens with one attached hydrogen (secondary N) is 1. The summed E-state index contributed by atoms with van der Waals surface area (Å²) >= 11 is 0. The van der Waals surface area contributed by atoms with Crippen molar-refractivity contribution in [3.05, 3.63) is 29.8 Å². The summed E-state index contributed by atoms with van der Waals surface area (Å²) in [5.41, 5.74) is 4.75. The lowest BCUT2D eigenvalue weighted by Gasteiger charge is -2.36. The number of hydrogen-bond donors (Lipinski definition) is 1. The van der Waals surface area contributed by atoms with Crippen molar-refractivity contribution in [3.63, 3.8) is 0 Å². The average Bonchev–Trinajstić information content (AvgIpc) is 3.47. The number of nitrogens with zero attached hydrogens (tertiary/aromatic N) is 4. The molecule has 1 aromatic carbocycles. The van der Waals surface area contributed by atoms with E-state index in [-0.39, 0.29) is 24.2 Å². The van der Waals surface area contributed by atoms with Crippen LogP contribution in [0.3, 0.4) is 0 Å². The molecule has 1 aromatic rings. The summed E-state index contributed by atoms with van der Waals surface area (Å²) in [7, 11) is 0. The normalized spacial score (nSPS) is 21.4. The van der Waals surface area contributed by atoms with E-state index in [0.29, 0.717) is 13.1 Å². The van der Waals surface area contributed by atoms with Crippen molar-refractivity contribution in [2.45, 2.75) is 19.8 Å². The Morgan fingerprint density at radius 2 is 1.85 bits per heavy atom. The van der Waals surface area contributed by atoms with Crippen LogP contribution in [0.5, 0.6) is 0 Å². The number of amidine groups is 1. The predicted octanol–water partition coefficient (Wildman–Crippen LogP) is 0.799. The third-order valence-electron chi connectivity index (χ3n) is 5.21. The Labute approximate surface area is 153 Å². The molecule has 0 unspecified atom stereocenters. The molecule has 2 amide bonds. The van der Waals surface area contributed by atoms with Crippen LogP contribution >= 0.6 is 0 Å². The predicted molar refractivity (Wildman–Crippen MR) is 99.8 cm³/mol. The number of rotatable bonds is 4. The topological polar surface area (TPSA) is 68.2 Å². The maximum absolute atomic E-state index is 12.8. The molecule has 1 N–H and O–H groups in total. The highest BCUT2D eigenvalue weighted by atomic mass is 16.2. The lowest BCUT2D eigenvalue weighted by Crippen LogP contribution is -2.58. The van der Waals surface area contributed by atoms with Crippen LogP contribution in [-0.4, -0.2) is 66.7 Å². The van der Waals surface area contributed by atoms with Gasteiger partial charge < -0.3 is 4.90 Å². The Kier molecular flexibility index (Phi) is 4.63. The fourth-order valence-corrected chi connectivity index (χ4v) is 3.39. The quantitative estimate of drug-likeness (QED) is 0.867. The summed E-state index contributed by atoms with van der Waals surface area (Å²) in [6, 6.07) is 7.61. The monoisotopic (exact) mass is 355 g/mol. The smallest absolute Gasteiger partial charge is 0.290 e. The van der Waals surface area contributed by atoms with E-state index in [1.165, 1.54) is 17.9 Å². The summed E-state index contributed by atoms with van der Waals surface area (Å²) in [4.78, 5) is 33.5. The number of carbonyl (C=O) groups is 2. The molecule has 7 heteroatoms. The first-order valence-electron chi connectivity index (χ1n) is 9.32. The largest absolute Gasteiger partial charge is 0.333 e. The highest BCUT2D eigenvalue weighted by Gasteiger charge is 2.31. The molecule has 3 aliphatic rings. The molecule has 0 radical (unpaired) electrons. The molecule has 1 saturated heterocycles. The molecule has 2 fully saturated rings. The number of carbonyl (C=O) groups excluding carboxylic acids is 2. The van der Waals surface area contributed by atoms with Crippen molar-refractivity contribution in [2.24, 2.45) is 10.9 Å². The number of hydrogen-bond acceptors (Lipinski definition) is 5. The van der Waals surface area contributed by atoms with Crippen LogP contribution in [-0.2, 0) is 9.59 Å². The van der Waals surface area contributed by atoms with Crippen LogP contribution in [0.1, 0.15) is 18.4 Å². The molecule has 2 aliphatic heterocycles. The lowest BCUT2D eigenvalue weighted by molar-refractivity contribution is -0.126. The summed E-state index contributed by atoms with van der Waals surface area (Å²) in [6.45, 7) is 6.40. The van der Waals surface area contributed by atoms with E-state index in [9.17, 15) is 9.59 Å². The number of piperazine rings is 1. The molecule has 0 aromatic heterocycles. The van der Waals surface area contributed by atoms with Crippen molar-refractivity contribution in [1.82, 2.24) is 15.2 Å². The van der Waals surface area contributed by atoms with Gasteiger partial charge in [-0.25, -0.2) is 5.01 Å². The van der Waals surface area contributed by atoms with Crippen LogP contribution in [0.4, 0.5) is 5.69 Å². The summed E-state index contributed by atoms with van der Waals surface area (Å²) in [5, 5.41) is 1.42. The van der Waals surface area contributed by atoms with E-state index in [0.717, 1.165) is 36.8 Å². The van der Waals surface area contributed by atoms with Gasteiger partial charge >= 0.3 is 0 Å². The molecule has 1 saturated carbocycles. The first kappa shape index (κ1) is 17.0. The van der Waals surface area contributed by atoms with Gasteiger partial charge in [0.1, 0.15) is 6.54 Å². The standard InChI is InChI=1S/C19H25N5O2/c1-14-2-6-16(7-3-14)24-17(25)12-20-18(21-24)19(26)23-10-8-22(9-11-23)13-15-4-5-15/h2-3,6-7,15H,4-5,8-13H2,1H3,(H,20,21). The minimum atomic E-state index is -0.167. The van der Waals surface area contributed by atoms with E-state index < -0.39 is 0 Å². The first-order chi connectivity index (χ1) is 12.6. The molecular weight excluding hydrogens is 330 g/mol. The minimum absolute atomic E-state index is 0.0103. The zero-order chi connectivity index (χ0) is 18.1. The van der Waals surface area contributed by atoms with Gasteiger partial charge in [0.2, 0.25) is 5.84 Å². The van der Waals surface area contributed by atoms with Gasteiger partial charge in [-0.15, -0.1) is 0 Å². The Hall–Kier alpha value is -2.41. The number of anilines is 1. The molecule has 1 aliphatic carbocycles. The van der Waals surface area contributed by atoms with Crippen molar-refractivity contribution in [2.75, 3.05) is 44.3 Å². The highest BCUT2D eigenvalue weighted by Crippen LogP contribution is 2.29. The number of hydrazine groups is 1. The van der Waals surface area contributed by atoms with Crippen molar-refractivity contribution in [3.8, 4) is 0 Å². The lowest BCUT2D eigenvalue weighted by atomic mass is 10.2. The first-order valence-corrected chi connectivity index (χ1v) is 9.32. The van der Waals surface area contributed by atoms with Gasteiger partial charge in [-0.1, -0.05) is 17.7 Å². The molecule has 26 heavy (non-hydrogen) atoms. The van der Waals surface area contributed by atoms with E-state index in [2.05, 4.69) is 15.3 Å². The van der Waals surface area contributed by atoms with Gasteiger partial charge in [0.25, 0.3) is 11.8 Å². The van der Waals surface area contributed by atoms with Crippen molar-refractivity contribution in [1.29, 1.82) is 0 Å². The van der Waals surface area contributed by atoms with Gasteiger partial charge in [0, 0.05) is 32.7 Å². The number of aryl methyl sites for hydroxylation is 1. The SMILES string of the molecule is Cc1ccc(N2NC(C(=O)N3CCN(CC4CC4)CC3)=NCC2=O)cc1. The zero-order valence-corrected chi connectivity index (χ0v) is 15.1. The Balaban J connectivity index is 1.38. The average molecular weight is 355 g/mol. The van der Waals surface area contributed by atoms with Gasteiger partial charge in [-0.2, -0.15) is 0 Å². The second kappa shape index (κ2) is 7.07. The molecular formula is C19H25N5O2. The third-order valence-corrected chi connectivity index (χ3v) is 5.21. The second-order valence-corrected chi connectivity index (χ2v) is 7.38. The van der Waals surface area contributed by atoms with Crippen LogP contribution in [0.15, 0.2) is 29.3 Å². The van der Waals surface area contributed by atoms with Gasteiger partial charge in [0.05, 0.1) is 5.69 Å². The fraction of sp³-hybridized carbons (Fsp3) is 0.526. The fourth-order valence-electron chi connectivity index (χ4n) is 3.39. The van der Waals surface area contributed by atoms with Crippen molar-refractivity contribution >= 4 is 23.3 Å². The molecule has 0 bridgehead atoms. The molecule has 0 atom stereocenters. The minimum Gasteiger partial charge on any atom is -0.333 e. The van der Waals surface area contributed by atoms with Crippen LogP contribution < -0.4 is 10.4 Å². The van der Waals surface area contributed by atoms with Gasteiger partial charge in [-0.3, -0.25) is 24.9 Å². The summed E-state index contributed by atoms with van der Waals surface area (Å²) < 4.78 is 0.